The van der Waals surface area contributed by atoms with E-state index in [-0.39, 0.29) is 12.1 Å². The number of benzene rings is 2. The number of hydrogen-bond acceptors (Lipinski definition) is 4. The molecule has 2 amide bonds. The van der Waals surface area contributed by atoms with Crippen LogP contribution in [0.5, 0.6) is 5.75 Å². The molecule has 0 saturated carbocycles. The van der Waals surface area contributed by atoms with Gasteiger partial charge in [-0.25, -0.2) is 9.78 Å². The summed E-state index contributed by atoms with van der Waals surface area (Å²) in [5.74, 6) is 0.837. The highest BCUT2D eigenvalue weighted by molar-refractivity contribution is 7.18. The van der Waals surface area contributed by atoms with Gasteiger partial charge in [0.05, 0.1) is 29.9 Å². The van der Waals surface area contributed by atoms with Crippen LogP contribution in [0.25, 0.3) is 10.2 Å². The summed E-state index contributed by atoms with van der Waals surface area (Å²) in [6.45, 7) is 1.24. The zero-order chi connectivity index (χ0) is 19.3. The maximum Gasteiger partial charge on any atom is 0.318 e. The first-order valence-electron chi connectivity index (χ1n) is 9.77. The molecule has 2 heterocycles. The van der Waals surface area contributed by atoms with E-state index in [2.05, 4.69) is 28.5 Å². The summed E-state index contributed by atoms with van der Waals surface area (Å²) in [7, 11) is 1.67. The second-order valence-electron chi connectivity index (χ2n) is 7.07. The fourth-order valence-electron chi connectivity index (χ4n) is 3.77. The van der Waals surface area contributed by atoms with Crippen LogP contribution in [0.4, 0.5) is 4.79 Å². The summed E-state index contributed by atoms with van der Waals surface area (Å²) < 4.78 is 6.42. The zero-order valence-corrected chi connectivity index (χ0v) is 16.9. The standard InChI is InChI=1S/C22H25N3O2S/c1-27-17-12-10-16(11-13-17)19-8-3-2-6-14-25(19)22(26)23-15-21-24-18-7-4-5-9-20(18)28-21/h4-5,7,9-13,19H,2-3,6,8,14-15H2,1H3,(H,23,26)/t19-/m1/s1. The molecule has 1 fully saturated rings. The third-order valence-corrected chi connectivity index (χ3v) is 6.28. The van der Waals surface area contributed by atoms with Gasteiger partial charge in [-0.15, -0.1) is 11.3 Å². The fourth-order valence-corrected chi connectivity index (χ4v) is 4.68. The maximum atomic E-state index is 13.0. The summed E-state index contributed by atoms with van der Waals surface area (Å²) in [5, 5.41) is 4.03. The third kappa shape index (κ3) is 4.12. The number of amides is 2. The first kappa shape index (κ1) is 18.7. The van der Waals surface area contributed by atoms with Crippen LogP contribution >= 0.6 is 11.3 Å². The average Bonchev–Trinajstić information content (AvgIpc) is 2.99. The minimum absolute atomic E-state index is 0.0121. The summed E-state index contributed by atoms with van der Waals surface area (Å²) in [6.07, 6.45) is 4.33. The number of carbonyl (C=O) groups is 1. The van der Waals surface area contributed by atoms with Gasteiger partial charge in [0, 0.05) is 6.54 Å². The lowest BCUT2D eigenvalue weighted by Gasteiger charge is -2.30. The molecule has 0 spiro atoms. The Balaban J connectivity index is 1.47. The Morgan fingerprint density at radius 1 is 1.18 bits per heavy atom. The van der Waals surface area contributed by atoms with Crippen LogP contribution < -0.4 is 10.1 Å². The van der Waals surface area contributed by atoms with Crippen LogP contribution in [-0.4, -0.2) is 29.6 Å². The first-order chi connectivity index (χ1) is 13.7. The normalized spacial score (nSPS) is 17.3. The topological polar surface area (TPSA) is 54.5 Å². The van der Waals surface area contributed by atoms with E-state index in [0.717, 1.165) is 58.8 Å². The minimum Gasteiger partial charge on any atom is -0.497 e. The number of carbonyl (C=O) groups excluding carboxylic acids is 1. The van der Waals surface area contributed by atoms with E-state index in [1.54, 1.807) is 18.4 Å². The number of para-hydroxylation sites is 1. The van der Waals surface area contributed by atoms with Crippen LogP contribution in [0.1, 0.15) is 42.3 Å². The molecule has 5 nitrogen and oxygen atoms in total. The number of aromatic nitrogens is 1. The Labute approximate surface area is 169 Å². The van der Waals surface area contributed by atoms with Crippen molar-refractivity contribution in [2.24, 2.45) is 0 Å². The quantitative estimate of drug-likeness (QED) is 0.666. The summed E-state index contributed by atoms with van der Waals surface area (Å²) in [4.78, 5) is 19.6. The molecule has 0 bridgehead atoms. The Bertz CT molecular complexity index is 905. The Morgan fingerprint density at radius 3 is 2.79 bits per heavy atom. The molecule has 146 valence electrons. The molecule has 0 aliphatic carbocycles. The van der Waals surface area contributed by atoms with Crippen molar-refractivity contribution in [1.29, 1.82) is 0 Å². The van der Waals surface area contributed by atoms with Crippen LogP contribution in [0.15, 0.2) is 48.5 Å². The van der Waals surface area contributed by atoms with Crippen LogP contribution in [0.2, 0.25) is 0 Å². The van der Waals surface area contributed by atoms with Gasteiger partial charge in [0.25, 0.3) is 0 Å². The molecule has 1 aromatic heterocycles. The highest BCUT2D eigenvalue weighted by Gasteiger charge is 2.26. The van der Waals surface area contributed by atoms with Gasteiger partial charge in [0.15, 0.2) is 0 Å². The molecule has 0 unspecified atom stereocenters. The van der Waals surface area contributed by atoms with E-state index >= 15 is 0 Å². The monoisotopic (exact) mass is 395 g/mol. The largest absolute Gasteiger partial charge is 0.497 e. The molecule has 0 radical (unpaired) electrons. The van der Waals surface area contributed by atoms with Gasteiger partial charge in [0.1, 0.15) is 10.8 Å². The third-order valence-electron chi connectivity index (χ3n) is 5.24. The van der Waals surface area contributed by atoms with Gasteiger partial charge in [-0.3, -0.25) is 0 Å². The lowest BCUT2D eigenvalue weighted by Crippen LogP contribution is -2.41. The van der Waals surface area contributed by atoms with Gasteiger partial charge in [-0.2, -0.15) is 0 Å². The second-order valence-corrected chi connectivity index (χ2v) is 8.18. The van der Waals surface area contributed by atoms with E-state index in [1.807, 2.05) is 35.2 Å². The lowest BCUT2D eigenvalue weighted by atomic mass is 10.0. The van der Waals surface area contributed by atoms with Crippen molar-refractivity contribution >= 4 is 27.6 Å². The van der Waals surface area contributed by atoms with Crippen molar-refractivity contribution in [2.45, 2.75) is 38.3 Å². The molecule has 4 rings (SSSR count). The first-order valence-corrected chi connectivity index (χ1v) is 10.6. The van der Waals surface area contributed by atoms with Gasteiger partial charge >= 0.3 is 6.03 Å². The number of rotatable bonds is 4. The van der Waals surface area contributed by atoms with Gasteiger partial charge < -0.3 is 15.0 Å². The number of fused-ring (bicyclic) bond motifs is 1. The number of methoxy groups -OCH3 is 1. The number of nitrogens with one attached hydrogen (secondary N) is 1. The van der Waals surface area contributed by atoms with E-state index in [9.17, 15) is 4.79 Å². The molecule has 1 N–H and O–H groups in total. The fraction of sp³-hybridized carbons (Fsp3) is 0.364. The smallest absolute Gasteiger partial charge is 0.318 e. The number of nitrogens with zero attached hydrogens (tertiary/aromatic N) is 2. The number of likely N-dealkylation sites (tertiary alicyclic amines) is 1. The molecule has 3 aromatic rings. The van der Waals surface area contributed by atoms with E-state index < -0.39 is 0 Å². The van der Waals surface area contributed by atoms with E-state index in [0.29, 0.717) is 6.54 Å². The van der Waals surface area contributed by atoms with Crippen molar-refractivity contribution in [2.75, 3.05) is 13.7 Å². The highest BCUT2D eigenvalue weighted by atomic mass is 32.1. The Kier molecular flexibility index (Phi) is 5.76. The molecular weight excluding hydrogens is 370 g/mol. The maximum absolute atomic E-state index is 13.0. The summed E-state index contributed by atoms with van der Waals surface area (Å²) in [6, 6.07) is 16.2. The van der Waals surface area contributed by atoms with Gasteiger partial charge in [-0.1, -0.05) is 37.1 Å². The van der Waals surface area contributed by atoms with Crippen LogP contribution in [0.3, 0.4) is 0 Å². The predicted molar refractivity (Wildman–Crippen MR) is 113 cm³/mol. The Morgan fingerprint density at radius 2 is 2.00 bits per heavy atom. The molecule has 1 atom stereocenters. The number of urea groups is 1. The van der Waals surface area contributed by atoms with Gasteiger partial charge in [-0.05, 0) is 42.7 Å². The number of thiazole rings is 1. The van der Waals surface area contributed by atoms with E-state index in [4.69, 9.17) is 4.74 Å². The van der Waals surface area contributed by atoms with Crippen LogP contribution in [0, 0.1) is 0 Å². The highest BCUT2D eigenvalue weighted by Crippen LogP contribution is 2.31. The molecule has 1 aliphatic heterocycles. The summed E-state index contributed by atoms with van der Waals surface area (Å²) in [5.41, 5.74) is 2.15. The summed E-state index contributed by atoms with van der Waals surface area (Å²) >= 11 is 1.63. The predicted octanol–water partition coefficient (Wildman–Crippen LogP) is 5.13. The SMILES string of the molecule is COc1ccc([C@H]2CCCCCN2C(=O)NCc2nc3ccccc3s2)cc1. The molecule has 2 aromatic carbocycles. The van der Waals surface area contributed by atoms with Crippen LogP contribution in [-0.2, 0) is 6.54 Å². The second kappa shape index (κ2) is 8.61. The zero-order valence-electron chi connectivity index (χ0n) is 16.1. The minimum atomic E-state index is -0.0121. The van der Waals surface area contributed by atoms with Crippen molar-refractivity contribution in [1.82, 2.24) is 15.2 Å². The lowest BCUT2D eigenvalue weighted by molar-refractivity contribution is 0.175. The molecular formula is C22H25N3O2S. The molecule has 1 aliphatic rings. The van der Waals surface area contributed by atoms with Gasteiger partial charge in [0.2, 0.25) is 0 Å². The Hall–Kier alpha value is -2.60. The molecule has 28 heavy (non-hydrogen) atoms. The average molecular weight is 396 g/mol. The molecule has 1 saturated heterocycles. The van der Waals surface area contributed by atoms with E-state index in [1.165, 1.54) is 0 Å². The van der Waals surface area contributed by atoms with Crippen molar-refractivity contribution < 1.29 is 9.53 Å². The van der Waals surface area contributed by atoms with Crippen molar-refractivity contribution in [3.8, 4) is 5.75 Å². The molecule has 6 heteroatoms. The number of ether oxygens (including phenoxy) is 1. The van der Waals surface area contributed by atoms with Crippen molar-refractivity contribution in [3.63, 3.8) is 0 Å². The van der Waals surface area contributed by atoms with Crippen molar-refractivity contribution in [3.05, 3.63) is 59.1 Å². The number of hydrogen-bond donors (Lipinski definition) is 1.